The van der Waals surface area contributed by atoms with Gasteiger partial charge in [0.25, 0.3) is 0 Å². The smallest absolute Gasteiger partial charge is 0.340 e. The molecule has 0 atom stereocenters. The SMILES string of the molecule is CCOC(=O)c1c(CC)[nH]c(C)c1C. The first kappa shape index (κ1) is 10.8. The Hall–Kier alpha value is -1.25. The fraction of sp³-hybridized carbons (Fsp3) is 0.545. The zero-order chi connectivity index (χ0) is 10.7. The Morgan fingerprint density at radius 1 is 1.36 bits per heavy atom. The van der Waals surface area contributed by atoms with Gasteiger partial charge in [0.15, 0.2) is 0 Å². The van der Waals surface area contributed by atoms with Crippen molar-refractivity contribution in [2.75, 3.05) is 6.61 Å². The summed E-state index contributed by atoms with van der Waals surface area (Å²) < 4.78 is 5.01. The number of aromatic amines is 1. The van der Waals surface area contributed by atoms with Gasteiger partial charge in [-0.25, -0.2) is 4.79 Å². The second kappa shape index (κ2) is 4.31. The summed E-state index contributed by atoms with van der Waals surface area (Å²) in [4.78, 5) is 14.8. The number of carbonyl (C=O) groups excluding carboxylic acids is 1. The summed E-state index contributed by atoms with van der Waals surface area (Å²) >= 11 is 0. The zero-order valence-electron chi connectivity index (χ0n) is 9.23. The van der Waals surface area contributed by atoms with Crippen molar-refractivity contribution in [3.63, 3.8) is 0 Å². The van der Waals surface area contributed by atoms with E-state index in [0.29, 0.717) is 12.2 Å². The van der Waals surface area contributed by atoms with Gasteiger partial charge in [-0.05, 0) is 32.8 Å². The molecule has 0 fully saturated rings. The van der Waals surface area contributed by atoms with Crippen molar-refractivity contribution in [2.45, 2.75) is 34.1 Å². The van der Waals surface area contributed by atoms with Crippen LogP contribution in [0, 0.1) is 13.8 Å². The van der Waals surface area contributed by atoms with Crippen molar-refractivity contribution < 1.29 is 9.53 Å². The quantitative estimate of drug-likeness (QED) is 0.752. The van der Waals surface area contributed by atoms with Crippen molar-refractivity contribution in [3.05, 3.63) is 22.5 Å². The Morgan fingerprint density at radius 3 is 2.50 bits per heavy atom. The van der Waals surface area contributed by atoms with Gasteiger partial charge in [-0.15, -0.1) is 0 Å². The van der Waals surface area contributed by atoms with E-state index in [1.807, 2.05) is 27.7 Å². The van der Waals surface area contributed by atoms with E-state index in [1.165, 1.54) is 0 Å². The molecule has 1 aromatic heterocycles. The Balaban J connectivity index is 3.10. The predicted molar refractivity (Wildman–Crippen MR) is 55.6 cm³/mol. The van der Waals surface area contributed by atoms with Crippen molar-refractivity contribution in [1.29, 1.82) is 0 Å². The molecule has 0 spiro atoms. The minimum Gasteiger partial charge on any atom is -0.462 e. The maximum atomic E-state index is 11.6. The highest BCUT2D eigenvalue weighted by molar-refractivity contribution is 5.92. The maximum absolute atomic E-state index is 11.6. The van der Waals surface area contributed by atoms with Crippen LogP contribution in [0.3, 0.4) is 0 Å². The maximum Gasteiger partial charge on any atom is 0.340 e. The van der Waals surface area contributed by atoms with Gasteiger partial charge < -0.3 is 9.72 Å². The minimum atomic E-state index is -0.216. The molecule has 0 aliphatic carbocycles. The summed E-state index contributed by atoms with van der Waals surface area (Å²) in [5, 5.41) is 0. The van der Waals surface area contributed by atoms with Crippen LogP contribution in [0.2, 0.25) is 0 Å². The van der Waals surface area contributed by atoms with Gasteiger partial charge in [-0.2, -0.15) is 0 Å². The third-order valence-corrected chi connectivity index (χ3v) is 2.41. The fourth-order valence-electron chi connectivity index (χ4n) is 1.54. The minimum absolute atomic E-state index is 0.216. The molecule has 0 saturated carbocycles. The van der Waals surface area contributed by atoms with Gasteiger partial charge >= 0.3 is 5.97 Å². The zero-order valence-corrected chi connectivity index (χ0v) is 9.23. The molecule has 1 aromatic rings. The number of esters is 1. The highest BCUT2D eigenvalue weighted by atomic mass is 16.5. The average molecular weight is 195 g/mol. The number of hydrogen-bond donors (Lipinski definition) is 1. The molecule has 3 heteroatoms. The third kappa shape index (κ3) is 1.81. The average Bonchev–Trinajstić information content (AvgIpc) is 2.43. The Morgan fingerprint density at radius 2 is 2.00 bits per heavy atom. The van der Waals surface area contributed by atoms with Gasteiger partial charge in [-0.3, -0.25) is 0 Å². The number of aryl methyl sites for hydroxylation is 2. The standard InChI is InChI=1S/C11H17NO2/c1-5-9-10(11(13)14-6-2)7(3)8(4)12-9/h12H,5-6H2,1-4H3. The van der Waals surface area contributed by atoms with Crippen LogP contribution in [0.25, 0.3) is 0 Å². The highest BCUT2D eigenvalue weighted by Gasteiger charge is 2.18. The molecule has 1 N–H and O–H groups in total. The van der Waals surface area contributed by atoms with Gasteiger partial charge in [0.05, 0.1) is 12.2 Å². The van der Waals surface area contributed by atoms with Crippen LogP contribution in [-0.4, -0.2) is 17.6 Å². The lowest BCUT2D eigenvalue weighted by Crippen LogP contribution is -2.07. The molecule has 0 aliphatic heterocycles. The molecule has 0 bridgehead atoms. The van der Waals surface area contributed by atoms with E-state index in [4.69, 9.17) is 4.74 Å². The van der Waals surface area contributed by atoms with Crippen LogP contribution < -0.4 is 0 Å². The lowest BCUT2D eigenvalue weighted by molar-refractivity contribution is 0.0524. The van der Waals surface area contributed by atoms with Crippen molar-refractivity contribution >= 4 is 5.97 Å². The molecule has 0 amide bonds. The Bertz CT molecular complexity index is 339. The van der Waals surface area contributed by atoms with Crippen molar-refractivity contribution in [3.8, 4) is 0 Å². The van der Waals surface area contributed by atoms with Gasteiger partial charge in [0.2, 0.25) is 0 Å². The van der Waals surface area contributed by atoms with E-state index in [2.05, 4.69) is 4.98 Å². The number of aromatic nitrogens is 1. The van der Waals surface area contributed by atoms with Crippen LogP contribution in [-0.2, 0) is 11.2 Å². The van der Waals surface area contributed by atoms with E-state index in [1.54, 1.807) is 0 Å². The van der Waals surface area contributed by atoms with Crippen LogP contribution >= 0.6 is 0 Å². The van der Waals surface area contributed by atoms with E-state index in [-0.39, 0.29) is 5.97 Å². The van der Waals surface area contributed by atoms with Gasteiger partial charge in [0.1, 0.15) is 0 Å². The van der Waals surface area contributed by atoms with Crippen molar-refractivity contribution in [2.24, 2.45) is 0 Å². The lowest BCUT2D eigenvalue weighted by Gasteiger charge is -2.03. The second-order valence-electron chi connectivity index (χ2n) is 3.30. The van der Waals surface area contributed by atoms with Crippen LogP contribution in [0.4, 0.5) is 0 Å². The molecular formula is C11H17NO2. The topological polar surface area (TPSA) is 42.1 Å². The van der Waals surface area contributed by atoms with E-state index >= 15 is 0 Å². The van der Waals surface area contributed by atoms with E-state index < -0.39 is 0 Å². The first-order valence-corrected chi connectivity index (χ1v) is 4.96. The molecule has 0 aromatic carbocycles. The van der Waals surface area contributed by atoms with Crippen LogP contribution in [0.5, 0.6) is 0 Å². The van der Waals surface area contributed by atoms with Gasteiger partial charge in [-0.1, -0.05) is 6.92 Å². The summed E-state index contributed by atoms with van der Waals surface area (Å²) in [6.07, 6.45) is 0.822. The van der Waals surface area contributed by atoms with E-state index in [9.17, 15) is 4.79 Å². The summed E-state index contributed by atoms with van der Waals surface area (Å²) in [6.45, 7) is 8.17. The number of hydrogen-bond acceptors (Lipinski definition) is 2. The molecular weight excluding hydrogens is 178 g/mol. The lowest BCUT2D eigenvalue weighted by atomic mass is 10.1. The largest absolute Gasteiger partial charge is 0.462 e. The molecule has 78 valence electrons. The number of carbonyl (C=O) groups is 1. The predicted octanol–water partition coefficient (Wildman–Crippen LogP) is 2.37. The number of nitrogens with one attached hydrogen (secondary N) is 1. The molecule has 0 radical (unpaired) electrons. The first-order valence-electron chi connectivity index (χ1n) is 4.96. The number of ether oxygens (including phenoxy) is 1. The van der Waals surface area contributed by atoms with Crippen molar-refractivity contribution in [1.82, 2.24) is 4.98 Å². The summed E-state index contributed by atoms with van der Waals surface area (Å²) in [5.41, 5.74) is 3.73. The summed E-state index contributed by atoms with van der Waals surface area (Å²) in [6, 6.07) is 0. The fourth-order valence-corrected chi connectivity index (χ4v) is 1.54. The molecule has 14 heavy (non-hydrogen) atoms. The first-order chi connectivity index (χ1) is 6.61. The summed E-state index contributed by atoms with van der Waals surface area (Å²) in [7, 11) is 0. The molecule has 1 rings (SSSR count). The molecule has 0 aliphatic rings. The molecule has 0 unspecified atom stereocenters. The molecule has 0 saturated heterocycles. The normalized spacial score (nSPS) is 10.3. The number of H-pyrrole nitrogens is 1. The monoisotopic (exact) mass is 195 g/mol. The Kier molecular flexibility index (Phi) is 3.33. The molecule has 3 nitrogen and oxygen atoms in total. The van der Waals surface area contributed by atoms with Crippen LogP contribution in [0.1, 0.15) is 41.2 Å². The van der Waals surface area contributed by atoms with Crippen LogP contribution in [0.15, 0.2) is 0 Å². The highest BCUT2D eigenvalue weighted by Crippen LogP contribution is 2.19. The Labute approximate surface area is 84.5 Å². The number of rotatable bonds is 3. The van der Waals surface area contributed by atoms with Gasteiger partial charge in [0, 0.05) is 11.4 Å². The van der Waals surface area contributed by atoms with E-state index in [0.717, 1.165) is 23.4 Å². The third-order valence-electron chi connectivity index (χ3n) is 2.41. The molecule has 1 heterocycles. The summed E-state index contributed by atoms with van der Waals surface area (Å²) in [5.74, 6) is -0.216. The second-order valence-corrected chi connectivity index (χ2v) is 3.30.